The molecule has 1 amide bonds. The highest BCUT2D eigenvalue weighted by atomic mass is 35.5. The summed E-state index contributed by atoms with van der Waals surface area (Å²) < 4.78 is 6.72. The molecule has 1 unspecified atom stereocenters. The number of hydrogen-bond acceptors (Lipinski definition) is 7. The first-order valence-electron chi connectivity index (χ1n) is 10.6. The van der Waals surface area contributed by atoms with Crippen LogP contribution in [-0.2, 0) is 11.3 Å². The average Bonchev–Trinajstić information content (AvgIpc) is 2.85. The maximum Gasteiger partial charge on any atom is 0.282 e. The topological polar surface area (TPSA) is 99.0 Å². The number of halogens is 1. The van der Waals surface area contributed by atoms with E-state index < -0.39 is 5.25 Å². The van der Waals surface area contributed by atoms with Gasteiger partial charge in [0.15, 0.2) is 16.3 Å². The van der Waals surface area contributed by atoms with Crippen LogP contribution in [-0.4, -0.2) is 37.8 Å². The summed E-state index contributed by atoms with van der Waals surface area (Å²) in [6, 6.07) is 14.4. The molecule has 0 radical (unpaired) electrons. The van der Waals surface area contributed by atoms with Gasteiger partial charge in [0.1, 0.15) is 5.75 Å². The van der Waals surface area contributed by atoms with E-state index in [1.54, 1.807) is 37.4 Å². The fraction of sp³-hybridized carbons (Fsp3) is 0.208. The van der Waals surface area contributed by atoms with E-state index in [2.05, 4.69) is 20.3 Å². The molecular weight excluding hydrogens is 474 g/mol. The summed E-state index contributed by atoms with van der Waals surface area (Å²) in [5, 5.41) is 3.31. The van der Waals surface area contributed by atoms with Gasteiger partial charge in [-0.3, -0.25) is 14.2 Å². The average molecular weight is 496 g/mol. The van der Waals surface area contributed by atoms with Gasteiger partial charge in [-0.1, -0.05) is 54.6 Å². The molecule has 0 spiro atoms. The Hall–Kier alpha value is -3.43. The number of carbonyl (C=O) groups is 1. The number of rotatable bonds is 8. The molecule has 4 aromatic rings. The van der Waals surface area contributed by atoms with Gasteiger partial charge in [-0.2, -0.15) is 0 Å². The maximum absolute atomic E-state index is 13.3. The predicted molar refractivity (Wildman–Crippen MR) is 134 cm³/mol. The van der Waals surface area contributed by atoms with E-state index in [1.165, 1.54) is 28.7 Å². The van der Waals surface area contributed by atoms with Crippen LogP contribution < -0.4 is 15.6 Å². The molecule has 174 valence electrons. The smallest absolute Gasteiger partial charge is 0.282 e. The second-order valence-corrected chi connectivity index (χ2v) is 8.92. The lowest BCUT2D eigenvalue weighted by atomic mass is 10.2. The number of benzene rings is 2. The minimum absolute atomic E-state index is 0.160. The zero-order chi connectivity index (χ0) is 24.1. The second kappa shape index (κ2) is 10.7. The second-order valence-electron chi connectivity index (χ2n) is 7.34. The molecule has 8 nitrogen and oxygen atoms in total. The van der Waals surface area contributed by atoms with Crippen LogP contribution in [0.1, 0.15) is 18.9 Å². The van der Waals surface area contributed by atoms with Crippen molar-refractivity contribution < 1.29 is 9.53 Å². The van der Waals surface area contributed by atoms with Gasteiger partial charge >= 0.3 is 0 Å². The molecule has 0 fully saturated rings. The molecule has 1 atom stereocenters. The van der Waals surface area contributed by atoms with E-state index in [0.29, 0.717) is 28.0 Å². The predicted octanol–water partition coefficient (Wildman–Crippen LogP) is 4.41. The molecule has 1 N–H and O–H groups in total. The molecule has 0 aliphatic heterocycles. The number of carbonyl (C=O) groups excluding carboxylic acids is 1. The summed E-state index contributed by atoms with van der Waals surface area (Å²) in [5.41, 5.74) is 1.42. The Balaban J connectivity index is 1.69. The molecule has 0 aliphatic carbocycles. The van der Waals surface area contributed by atoms with Crippen LogP contribution in [0.15, 0.2) is 70.9 Å². The molecule has 2 aromatic carbocycles. The van der Waals surface area contributed by atoms with Crippen LogP contribution in [0, 0.1) is 0 Å². The normalized spacial score (nSPS) is 11.9. The number of ether oxygens (including phenoxy) is 1. The van der Waals surface area contributed by atoms with Crippen molar-refractivity contribution in [3.8, 4) is 5.75 Å². The Kier molecular flexibility index (Phi) is 7.44. The van der Waals surface area contributed by atoms with E-state index in [0.717, 1.165) is 5.56 Å². The van der Waals surface area contributed by atoms with E-state index in [-0.39, 0.29) is 29.2 Å². The Morgan fingerprint density at radius 1 is 1.18 bits per heavy atom. The lowest BCUT2D eigenvalue weighted by Gasteiger charge is -2.18. The van der Waals surface area contributed by atoms with Gasteiger partial charge in [0, 0.05) is 29.2 Å². The van der Waals surface area contributed by atoms with Gasteiger partial charge in [-0.05, 0) is 30.2 Å². The zero-order valence-electron chi connectivity index (χ0n) is 18.6. The summed E-state index contributed by atoms with van der Waals surface area (Å²) in [5.74, 6) is 0.431. The van der Waals surface area contributed by atoms with Crippen LogP contribution >= 0.6 is 23.4 Å². The third-order valence-corrected chi connectivity index (χ3v) is 6.82. The van der Waals surface area contributed by atoms with E-state index >= 15 is 0 Å². The van der Waals surface area contributed by atoms with Gasteiger partial charge in [-0.25, -0.2) is 15.0 Å². The van der Waals surface area contributed by atoms with Crippen molar-refractivity contribution in [3.05, 3.63) is 81.9 Å². The number of fused-ring (bicyclic) bond motifs is 1. The molecule has 0 saturated heterocycles. The third-order valence-electron chi connectivity index (χ3n) is 5.09. The lowest BCUT2D eigenvalue weighted by Crippen LogP contribution is -2.29. The molecule has 0 saturated carbocycles. The van der Waals surface area contributed by atoms with Crippen molar-refractivity contribution >= 4 is 46.1 Å². The van der Waals surface area contributed by atoms with Gasteiger partial charge in [0.25, 0.3) is 5.56 Å². The summed E-state index contributed by atoms with van der Waals surface area (Å²) in [7, 11) is 1.57. The van der Waals surface area contributed by atoms with Crippen LogP contribution in [0.5, 0.6) is 5.75 Å². The number of aromatic nitrogens is 4. The monoisotopic (exact) mass is 495 g/mol. The summed E-state index contributed by atoms with van der Waals surface area (Å²) in [6.07, 6.45) is 3.45. The highest BCUT2D eigenvalue weighted by Crippen LogP contribution is 2.27. The third kappa shape index (κ3) is 5.21. The van der Waals surface area contributed by atoms with Crippen molar-refractivity contribution in [2.24, 2.45) is 0 Å². The van der Waals surface area contributed by atoms with Crippen LogP contribution in [0.2, 0.25) is 5.02 Å². The number of amides is 1. The Morgan fingerprint density at radius 2 is 1.97 bits per heavy atom. The standard InChI is InChI=1S/C24H22ClN5O3S/c1-3-19(22(31)28-16-8-6-9-17(13-16)33-2)34-24-29-21-20(26-11-12-27-21)23(32)30(24)14-15-7-4-5-10-18(15)25/h4-13,19H,3,14H2,1-2H3,(H,28,31). The van der Waals surface area contributed by atoms with E-state index in [1.807, 2.05) is 25.1 Å². The van der Waals surface area contributed by atoms with Crippen molar-refractivity contribution in [1.29, 1.82) is 0 Å². The molecule has 0 aliphatic rings. The van der Waals surface area contributed by atoms with Gasteiger partial charge < -0.3 is 10.1 Å². The Bertz CT molecular complexity index is 1390. The SMILES string of the molecule is CCC(Sc1nc2nccnc2c(=O)n1Cc1ccccc1Cl)C(=O)Nc1cccc(OC)c1. The number of nitrogens with zero attached hydrogens (tertiary/aromatic N) is 4. The van der Waals surface area contributed by atoms with Crippen molar-refractivity contribution in [3.63, 3.8) is 0 Å². The van der Waals surface area contributed by atoms with Gasteiger partial charge in [0.2, 0.25) is 5.91 Å². The van der Waals surface area contributed by atoms with Crippen LogP contribution in [0.4, 0.5) is 5.69 Å². The van der Waals surface area contributed by atoms with Crippen LogP contribution in [0.25, 0.3) is 11.2 Å². The molecule has 4 rings (SSSR count). The largest absolute Gasteiger partial charge is 0.497 e. The number of anilines is 1. The number of methoxy groups -OCH3 is 1. The van der Waals surface area contributed by atoms with E-state index in [9.17, 15) is 9.59 Å². The first kappa shape index (κ1) is 23.7. The van der Waals surface area contributed by atoms with Crippen molar-refractivity contribution in [2.45, 2.75) is 30.3 Å². The summed E-state index contributed by atoms with van der Waals surface area (Å²) >= 11 is 7.56. The minimum Gasteiger partial charge on any atom is -0.497 e. The fourth-order valence-electron chi connectivity index (χ4n) is 3.33. The Labute approximate surface area is 205 Å². The minimum atomic E-state index is -0.510. The first-order valence-corrected chi connectivity index (χ1v) is 11.8. The fourth-order valence-corrected chi connectivity index (χ4v) is 4.52. The maximum atomic E-state index is 13.3. The number of nitrogens with one attached hydrogen (secondary N) is 1. The van der Waals surface area contributed by atoms with Gasteiger partial charge in [0.05, 0.1) is 18.9 Å². The van der Waals surface area contributed by atoms with E-state index in [4.69, 9.17) is 16.3 Å². The summed E-state index contributed by atoms with van der Waals surface area (Å²) in [4.78, 5) is 39.3. The highest BCUT2D eigenvalue weighted by Gasteiger charge is 2.23. The quantitative estimate of drug-likeness (QED) is 0.285. The molecule has 2 heterocycles. The number of hydrogen-bond donors (Lipinski definition) is 1. The number of thioether (sulfide) groups is 1. The van der Waals surface area contributed by atoms with Gasteiger partial charge in [-0.15, -0.1) is 0 Å². The van der Waals surface area contributed by atoms with Crippen molar-refractivity contribution in [2.75, 3.05) is 12.4 Å². The molecule has 2 aromatic heterocycles. The summed E-state index contributed by atoms with van der Waals surface area (Å²) in [6.45, 7) is 2.09. The highest BCUT2D eigenvalue weighted by molar-refractivity contribution is 8.00. The molecular formula is C24H22ClN5O3S. The van der Waals surface area contributed by atoms with Crippen LogP contribution in [0.3, 0.4) is 0 Å². The first-order chi connectivity index (χ1) is 16.5. The molecule has 10 heteroatoms. The molecule has 34 heavy (non-hydrogen) atoms. The zero-order valence-corrected chi connectivity index (χ0v) is 20.1. The lowest BCUT2D eigenvalue weighted by molar-refractivity contribution is -0.115. The molecule has 0 bridgehead atoms. The Morgan fingerprint density at radius 3 is 2.74 bits per heavy atom. The van der Waals surface area contributed by atoms with Crippen molar-refractivity contribution in [1.82, 2.24) is 19.5 Å².